The quantitative estimate of drug-likeness (QED) is 0.699. The molecule has 6 heteroatoms. The van der Waals surface area contributed by atoms with Crippen molar-refractivity contribution in [2.45, 2.75) is 57.0 Å². The van der Waals surface area contributed by atoms with Crippen LogP contribution in [0, 0.1) is 0 Å². The monoisotopic (exact) mass is 425 g/mol. The minimum Gasteiger partial charge on any atom is -0.493 e. The van der Waals surface area contributed by atoms with Crippen LogP contribution in [0.4, 0.5) is 0 Å². The highest BCUT2D eigenvalue weighted by Crippen LogP contribution is 2.30. The molecule has 1 aliphatic carbocycles. The molecule has 1 N–H and O–H groups in total. The number of aryl methyl sites for hydroxylation is 1. The van der Waals surface area contributed by atoms with E-state index in [9.17, 15) is 4.79 Å². The number of rotatable bonds is 8. The van der Waals surface area contributed by atoms with Gasteiger partial charge in [-0.1, -0.05) is 36.4 Å². The van der Waals surface area contributed by atoms with E-state index in [2.05, 4.69) is 5.32 Å². The normalized spacial score (nSPS) is 22.9. The van der Waals surface area contributed by atoms with Crippen molar-refractivity contribution in [3.05, 3.63) is 59.7 Å². The Morgan fingerprint density at radius 3 is 2.61 bits per heavy atom. The molecule has 2 aromatic carbocycles. The summed E-state index contributed by atoms with van der Waals surface area (Å²) in [4.78, 5) is 12.5. The first kappa shape index (κ1) is 21.7. The van der Waals surface area contributed by atoms with E-state index in [1.54, 1.807) is 7.11 Å². The summed E-state index contributed by atoms with van der Waals surface area (Å²) in [6, 6.07) is 16.0. The van der Waals surface area contributed by atoms with Gasteiger partial charge in [-0.05, 0) is 48.9 Å². The molecule has 4 rings (SSSR count). The van der Waals surface area contributed by atoms with Crippen LogP contribution in [0.3, 0.4) is 0 Å². The molecule has 3 atom stereocenters. The summed E-state index contributed by atoms with van der Waals surface area (Å²) >= 11 is 0. The average molecular weight is 426 g/mol. The van der Waals surface area contributed by atoms with Crippen molar-refractivity contribution in [1.82, 2.24) is 5.32 Å². The second-order valence-electron chi connectivity index (χ2n) is 8.16. The van der Waals surface area contributed by atoms with E-state index >= 15 is 0 Å². The fourth-order valence-electron chi connectivity index (χ4n) is 4.28. The van der Waals surface area contributed by atoms with Gasteiger partial charge in [-0.25, -0.2) is 0 Å². The number of carbonyl (C=O) groups excluding carboxylic acids is 1. The SMILES string of the molecule is COc1ccc(CCC(=O)N[C@@H]2CC[C@H]3OCCO[C@@H]3C2)cc1OCc1ccccc1. The topological polar surface area (TPSA) is 66.0 Å². The van der Waals surface area contributed by atoms with Crippen LogP contribution in [0.1, 0.15) is 36.8 Å². The summed E-state index contributed by atoms with van der Waals surface area (Å²) in [5.41, 5.74) is 2.14. The van der Waals surface area contributed by atoms with Crippen LogP contribution < -0.4 is 14.8 Å². The van der Waals surface area contributed by atoms with Crippen LogP contribution in [0.5, 0.6) is 11.5 Å². The van der Waals surface area contributed by atoms with Gasteiger partial charge >= 0.3 is 0 Å². The van der Waals surface area contributed by atoms with Gasteiger partial charge in [0.25, 0.3) is 0 Å². The van der Waals surface area contributed by atoms with E-state index in [0.717, 1.165) is 30.4 Å². The zero-order valence-electron chi connectivity index (χ0n) is 18.0. The first-order valence-electron chi connectivity index (χ1n) is 11.1. The fourth-order valence-corrected chi connectivity index (χ4v) is 4.28. The molecule has 0 unspecified atom stereocenters. The van der Waals surface area contributed by atoms with Gasteiger partial charge in [0.15, 0.2) is 11.5 Å². The second kappa shape index (κ2) is 10.6. The number of carbonyl (C=O) groups is 1. The molecule has 1 aliphatic heterocycles. The molecule has 2 fully saturated rings. The summed E-state index contributed by atoms with van der Waals surface area (Å²) in [5.74, 6) is 1.45. The maximum atomic E-state index is 12.5. The second-order valence-corrected chi connectivity index (χ2v) is 8.16. The maximum Gasteiger partial charge on any atom is 0.220 e. The Labute approximate surface area is 183 Å². The number of amides is 1. The fraction of sp³-hybridized carbons (Fsp3) is 0.480. The van der Waals surface area contributed by atoms with Gasteiger partial charge in [-0.2, -0.15) is 0 Å². The Morgan fingerprint density at radius 1 is 1.00 bits per heavy atom. The lowest BCUT2D eigenvalue weighted by atomic mass is 9.89. The minimum absolute atomic E-state index is 0.0720. The minimum atomic E-state index is 0.0720. The average Bonchev–Trinajstić information content (AvgIpc) is 2.82. The number of nitrogens with one attached hydrogen (secondary N) is 1. The summed E-state index contributed by atoms with van der Waals surface area (Å²) < 4.78 is 23.0. The van der Waals surface area contributed by atoms with Gasteiger partial charge < -0.3 is 24.3 Å². The summed E-state index contributed by atoms with van der Waals surface area (Å²) in [6.07, 6.45) is 4.10. The van der Waals surface area contributed by atoms with E-state index in [-0.39, 0.29) is 24.2 Å². The summed E-state index contributed by atoms with van der Waals surface area (Å²) in [7, 11) is 1.63. The molecule has 0 aromatic heterocycles. The van der Waals surface area contributed by atoms with Gasteiger partial charge in [0.05, 0.1) is 32.5 Å². The Hall–Kier alpha value is -2.57. The Morgan fingerprint density at radius 2 is 1.81 bits per heavy atom. The first-order chi connectivity index (χ1) is 15.2. The molecule has 31 heavy (non-hydrogen) atoms. The van der Waals surface area contributed by atoms with Gasteiger partial charge in [-0.3, -0.25) is 4.79 Å². The third-order valence-corrected chi connectivity index (χ3v) is 5.95. The maximum absolute atomic E-state index is 12.5. The standard InChI is InChI=1S/C25H31NO5/c1-28-21-10-7-18(15-23(21)31-17-19-5-3-2-4-6-19)8-12-25(27)26-20-9-11-22-24(16-20)30-14-13-29-22/h2-7,10,15,20,22,24H,8-9,11-14,16-17H2,1H3,(H,26,27)/t20-,22-,24-/m1/s1. The molecule has 166 valence electrons. The van der Waals surface area contributed by atoms with E-state index in [0.29, 0.717) is 44.2 Å². The van der Waals surface area contributed by atoms with Crippen LogP contribution >= 0.6 is 0 Å². The molecule has 2 aliphatic rings. The van der Waals surface area contributed by atoms with Crippen LogP contribution in [-0.2, 0) is 27.3 Å². The highest BCUT2D eigenvalue weighted by atomic mass is 16.6. The molecular formula is C25H31NO5. The Bertz CT molecular complexity index is 856. The van der Waals surface area contributed by atoms with Crippen LogP contribution in [-0.4, -0.2) is 44.5 Å². The van der Waals surface area contributed by atoms with Gasteiger partial charge in [0, 0.05) is 12.5 Å². The van der Waals surface area contributed by atoms with Crippen LogP contribution in [0.2, 0.25) is 0 Å². The molecule has 1 amide bonds. The van der Waals surface area contributed by atoms with Crippen molar-refractivity contribution in [2.75, 3.05) is 20.3 Å². The largest absolute Gasteiger partial charge is 0.493 e. The van der Waals surface area contributed by atoms with Crippen LogP contribution in [0.25, 0.3) is 0 Å². The number of hydrogen-bond acceptors (Lipinski definition) is 5. The molecule has 0 spiro atoms. The van der Waals surface area contributed by atoms with Gasteiger partial charge in [-0.15, -0.1) is 0 Å². The molecule has 1 saturated carbocycles. The third kappa shape index (κ3) is 5.99. The molecule has 1 heterocycles. The van der Waals surface area contributed by atoms with E-state index in [4.69, 9.17) is 18.9 Å². The van der Waals surface area contributed by atoms with Crippen molar-refractivity contribution < 1.29 is 23.7 Å². The van der Waals surface area contributed by atoms with E-state index in [1.807, 2.05) is 48.5 Å². The molecule has 2 aromatic rings. The predicted octanol–water partition coefficient (Wildman–Crippen LogP) is 3.66. The van der Waals surface area contributed by atoms with Crippen molar-refractivity contribution in [3.63, 3.8) is 0 Å². The first-order valence-corrected chi connectivity index (χ1v) is 11.1. The smallest absolute Gasteiger partial charge is 0.220 e. The third-order valence-electron chi connectivity index (χ3n) is 5.95. The van der Waals surface area contributed by atoms with Crippen LogP contribution in [0.15, 0.2) is 48.5 Å². The lowest BCUT2D eigenvalue weighted by molar-refractivity contribution is -0.158. The van der Waals surface area contributed by atoms with Crippen molar-refractivity contribution in [2.24, 2.45) is 0 Å². The van der Waals surface area contributed by atoms with Crippen molar-refractivity contribution in [1.29, 1.82) is 0 Å². The summed E-state index contributed by atoms with van der Waals surface area (Å²) in [6.45, 7) is 1.79. The number of fused-ring (bicyclic) bond motifs is 1. The highest BCUT2D eigenvalue weighted by molar-refractivity contribution is 5.76. The van der Waals surface area contributed by atoms with Crippen molar-refractivity contribution >= 4 is 5.91 Å². The highest BCUT2D eigenvalue weighted by Gasteiger charge is 2.34. The molecule has 0 bridgehead atoms. The lowest BCUT2D eigenvalue weighted by Crippen LogP contribution is -2.49. The lowest BCUT2D eigenvalue weighted by Gasteiger charge is -2.39. The molecular weight excluding hydrogens is 394 g/mol. The zero-order valence-corrected chi connectivity index (χ0v) is 18.0. The summed E-state index contributed by atoms with van der Waals surface area (Å²) in [5, 5.41) is 3.18. The number of methoxy groups -OCH3 is 1. The van der Waals surface area contributed by atoms with Gasteiger partial charge in [0.1, 0.15) is 6.61 Å². The van der Waals surface area contributed by atoms with Gasteiger partial charge in [0.2, 0.25) is 5.91 Å². The zero-order chi connectivity index (χ0) is 21.5. The molecule has 0 radical (unpaired) electrons. The number of ether oxygens (including phenoxy) is 4. The predicted molar refractivity (Wildman–Crippen MR) is 117 cm³/mol. The van der Waals surface area contributed by atoms with E-state index in [1.165, 1.54) is 0 Å². The Balaban J connectivity index is 1.28. The molecule has 1 saturated heterocycles. The Kier molecular flexibility index (Phi) is 7.43. The van der Waals surface area contributed by atoms with Crippen molar-refractivity contribution in [3.8, 4) is 11.5 Å². The number of hydrogen-bond donors (Lipinski definition) is 1. The number of benzene rings is 2. The van der Waals surface area contributed by atoms with E-state index < -0.39 is 0 Å². The molecule has 6 nitrogen and oxygen atoms in total.